The Kier molecular flexibility index (Phi) is 3.69. The average molecular weight is 186 g/mol. The molecular formula is C9H18N2O2. The Hall–Kier alpha value is -0.610. The molecule has 1 rings (SSSR count). The van der Waals surface area contributed by atoms with Crippen molar-refractivity contribution >= 4 is 5.91 Å². The third-order valence-corrected chi connectivity index (χ3v) is 2.62. The van der Waals surface area contributed by atoms with Crippen LogP contribution in [-0.2, 0) is 4.79 Å². The number of hydrogen-bond acceptors (Lipinski definition) is 3. The van der Waals surface area contributed by atoms with Gasteiger partial charge in [-0.15, -0.1) is 0 Å². The highest BCUT2D eigenvalue weighted by molar-refractivity contribution is 5.82. The van der Waals surface area contributed by atoms with Gasteiger partial charge in [-0.2, -0.15) is 0 Å². The minimum atomic E-state index is -0.322. The molecule has 0 aliphatic carbocycles. The molecule has 1 amide bonds. The molecule has 13 heavy (non-hydrogen) atoms. The number of rotatable bonds is 2. The van der Waals surface area contributed by atoms with Crippen LogP contribution in [-0.4, -0.2) is 60.1 Å². The van der Waals surface area contributed by atoms with Crippen molar-refractivity contribution in [2.45, 2.75) is 19.4 Å². The Bertz CT molecular complexity index is 184. The maximum atomic E-state index is 11.7. The fraction of sp³-hybridized carbons (Fsp3) is 0.889. The summed E-state index contributed by atoms with van der Waals surface area (Å²) in [5.41, 5.74) is 0. The Labute approximate surface area is 79.1 Å². The van der Waals surface area contributed by atoms with Crippen LogP contribution in [0, 0.1) is 0 Å². The summed E-state index contributed by atoms with van der Waals surface area (Å²) >= 11 is 0. The molecule has 0 aromatic rings. The van der Waals surface area contributed by atoms with Crippen LogP contribution in [0.15, 0.2) is 0 Å². The first-order valence-corrected chi connectivity index (χ1v) is 4.80. The maximum Gasteiger partial charge on any atom is 0.242 e. The van der Waals surface area contributed by atoms with E-state index in [0.717, 1.165) is 26.1 Å². The van der Waals surface area contributed by atoms with Crippen LogP contribution >= 0.6 is 0 Å². The number of likely N-dealkylation sites (N-methyl/N-ethyl adjacent to an activating group) is 2. The second kappa shape index (κ2) is 4.58. The number of amides is 1. The van der Waals surface area contributed by atoms with Crippen LogP contribution in [0.2, 0.25) is 0 Å². The summed E-state index contributed by atoms with van der Waals surface area (Å²) in [6.07, 6.45) is 0.993. The minimum Gasteiger partial charge on any atom is -0.394 e. The molecular weight excluding hydrogens is 168 g/mol. The quantitative estimate of drug-likeness (QED) is 0.634. The van der Waals surface area contributed by atoms with E-state index in [1.807, 2.05) is 11.8 Å². The zero-order chi connectivity index (χ0) is 9.84. The normalized spacial score (nSPS) is 26.2. The van der Waals surface area contributed by atoms with Crippen LogP contribution in [0.4, 0.5) is 0 Å². The van der Waals surface area contributed by atoms with Crippen LogP contribution in [0.5, 0.6) is 0 Å². The highest BCUT2D eigenvalue weighted by Gasteiger charge is 2.29. The lowest BCUT2D eigenvalue weighted by atomic mass is 10.2. The number of aliphatic hydroxyl groups excluding tert-OH is 1. The number of carbonyl (C=O) groups is 1. The summed E-state index contributed by atoms with van der Waals surface area (Å²) in [5, 5.41) is 9.12. The van der Waals surface area contributed by atoms with Gasteiger partial charge in [0, 0.05) is 20.1 Å². The average Bonchev–Trinajstić information content (AvgIpc) is 2.27. The van der Waals surface area contributed by atoms with Gasteiger partial charge in [0.1, 0.15) is 6.04 Å². The van der Waals surface area contributed by atoms with Gasteiger partial charge < -0.3 is 10.0 Å². The molecule has 4 heteroatoms. The van der Waals surface area contributed by atoms with Crippen molar-refractivity contribution in [3.8, 4) is 0 Å². The topological polar surface area (TPSA) is 43.8 Å². The molecule has 0 aromatic heterocycles. The molecule has 0 radical (unpaired) electrons. The van der Waals surface area contributed by atoms with Crippen molar-refractivity contribution in [1.82, 2.24) is 9.80 Å². The van der Waals surface area contributed by atoms with Crippen LogP contribution in [0.25, 0.3) is 0 Å². The second-order valence-electron chi connectivity index (χ2n) is 3.44. The maximum absolute atomic E-state index is 11.7. The lowest BCUT2D eigenvalue weighted by molar-refractivity contribution is -0.135. The van der Waals surface area contributed by atoms with E-state index < -0.39 is 0 Å². The molecule has 76 valence electrons. The number of aliphatic hydroxyl groups is 1. The highest BCUT2D eigenvalue weighted by atomic mass is 16.3. The predicted octanol–water partition coefficient (Wildman–Crippen LogP) is -0.469. The third-order valence-electron chi connectivity index (χ3n) is 2.62. The summed E-state index contributed by atoms with van der Waals surface area (Å²) in [5.74, 6) is 0.0434. The van der Waals surface area contributed by atoms with Crippen LogP contribution in [0.1, 0.15) is 13.3 Å². The molecule has 0 saturated carbocycles. The summed E-state index contributed by atoms with van der Waals surface area (Å²) < 4.78 is 0. The zero-order valence-electron chi connectivity index (χ0n) is 8.36. The van der Waals surface area contributed by atoms with Crippen molar-refractivity contribution in [2.24, 2.45) is 0 Å². The van der Waals surface area contributed by atoms with E-state index in [1.54, 1.807) is 11.9 Å². The zero-order valence-corrected chi connectivity index (χ0v) is 8.36. The molecule has 1 saturated heterocycles. The van der Waals surface area contributed by atoms with Crippen molar-refractivity contribution < 1.29 is 9.90 Å². The van der Waals surface area contributed by atoms with Gasteiger partial charge in [-0.05, 0) is 13.0 Å². The largest absolute Gasteiger partial charge is 0.394 e. The van der Waals surface area contributed by atoms with Gasteiger partial charge in [0.25, 0.3) is 0 Å². The summed E-state index contributed by atoms with van der Waals surface area (Å²) in [7, 11) is 1.80. The Balaban J connectivity index is 2.72. The van der Waals surface area contributed by atoms with Gasteiger partial charge in [-0.3, -0.25) is 9.69 Å². The molecule has 1 aliphatic heterocycles. The molecule has 1 heterocycles. The smallest absolute Gasteiger partial charge is 0.242 e. The monoisotopic (exact) mass is 186 g/mol. The minimum absolute atomic E-state index is 0.0434. The summed E-state index contributed by atoms with van der Waals surface area (Å²) in [4.78, 5) is 15.4. The fourth-order valence-corrected chi connectivity index (χ4v) is 1.76. The van der Waals surface area contributed by atoms with E-state index in [0.29, 0.717) is 0 Å². The van der Waals surface area contributed by atoms with E-state index in [9.17, 15) is 4.79 Å². The molecule has 1 fully saturated rings. The van der Waals surface area contributed by atoms with Gasteiger partial charge in [0.2, 0.25) is 5.91 Å². The van der Waals surface area contributed by atoms with Crippen molar-refractivity contribution in [3.05, 3.63) is 0 Å². The van der Waals surface area contributed by atoms with E-state index in [1.165, 1.54) is 0 Å². The lowest BCUT2D eigenvalue weighted by Crippen LogP contribution is -2.46. The van der Waals surface area contributed by atoms with Gasteiger partial charge in [-0.1, -0.05) is 6.92 Å². The number of nitrogens with zero attached hydrogens (tertiary/aromatic N) is 2. The second-order valence-corrected chi connectivity index (χ2v) is 3.44. The van der Waals surface area contributed by atoms with E-state index in [-0.39, 0.29) is 18.6 Å². The van der Waals surface area contributed by atoms with Crippen LogP contribution < -0.4 is 0 Å². The van der Waals surface area contributed by atoms with E-state index in [4.69, 9.17) is 5.11 Å². The fourth-order valence-electron chi connectivity index (χ4n) is 1.76. The van der Waals surface area contributed by atoms with Crippen LogP contribution in [0.3, 0.4) is 0 Å². The van der Waals surface area contributed by atoms with E-state index in [2.05, 4.69) is 0 Å². The highest BCUT2D eigenvalue weighted by Crippen LogP contribution is 2.09. The first-order valence-electron chi connectivity index (χ1n) is 4.80. The third kappa shape index (κ3) is 2.19. The van der Waals surface area contributed by atoms with Gasteiger partial charge in [0.15, 0.2) is 0 Å². The van der Waals surface area contributed by atoms with Crippen molar-refractivity contribution in [3.63, 3.8) is 0 Å². The van der Waals surface area contributed by atoms with Crippen molar-refractivity contribution in [2.75, 3.05) is 33.3 Å². The first-order chi connectivity index (χ1) is 6.20. The Morgan fingerprint density at radius 1 is 1.54 bits per heavy atom. The Morgan fingerprint density at radius 3 is 2.77 bits per heavy atom. The molecule has 1 aliphatic rings. The molecule has 0 aromatic carbocycles. The molecule has 1 N–H and O–H groups in total. The van der Waals surface area contributed by atoms with Crippen molar-refractivity contribution in [1.29, 1.82) is 0 Å². The van der Waals surface area contributed by atoms with Gasteiger partial charge in [0.05, 0.1) is 6.61 Å². The standard InChI is InChI=1S/C9H18N2O2/c1-3-11-6-4-5-10(2)9(13)8(11)7-12/h8,12H,3-7H2,1-2H3. The first kappa shape index (κ1) is 10.5. The van der Waals surface area contributed by atoms with E-state index >= 15 is 0 Å². The molecule has 0 bridgehead atoms. The molecule has 1 atom stereocenters. The lowest BCUT2D eigenvalue weighted by Gasteiger charge is -2.26. The van der Waals surface area contributed by atoms with Gasteiger partial charge >= 0.3 is 0 Å². The molecule has 0 spiro atoms. The molecule has 4 nitrogen and oxygen atoms in total. The van der Waals surface area contributed by atoms with Gasteiger partial charge in [-0.25, -0.2) is 0 Å². The predicted molar refractivity (Wildman–Crippen MR) is 50.4 cm³/mol. The summed E-state index contributed by atoms with van der Waals surface area (Å²) in [6.45, 7) is 4.46. The number of hydrogen-bond donors (Lipinski definition) is 1. The number of carbonyl (C=O) groups excluding carboxylic acids is 1. The molecule has 1 unspecified atom stereocenters. The Morgan fingerprint density at radius 2 is 2.23 bits per heavy atom. The SMILES string of the molecule is CCN1CCCN(C)C(=O)C1CO. The summed E-state index contributed by atoms with van der Waals surface area (Å²) in [6, 6.07) is -0.322.